The molecule has 0 fully saturated rings. The summed E-state index contributed by atoms with van der Waals surface area (Å²) in [6, 6.07) is 10.2. The van der Waals surface area contributed by atoms with Gasteiger partial charge in [-0.3, -0.25) is 0 Å². The molecular weight excluding hydrogens is 456 g/mol. The second-order valence-electron chi connectivity index (χ2n) is 9.18. The van der Waals surface area contributed by atoms with Crippen LogP contribution in [0, 0.1) is 12.8 Å². The molecule has 1 atom stereocenters. The predicted molar refractivity (Wildman–Crippen MR) is 153 cm³/mol. The molecule has 0 aliphatic carbocycles. The molecular formula is C29H44N2OS2. The zero-order valence-electron chi connectivity index (χ0n) is 21.7. The van der Waals surface area contributed by atoms with Gasteiger partial charge in [0.05, 0.1) is 17.8 Å². The Hall–Kier alpha value is -1.59. The molecule has 0 aliphatic heterocycles. The Kier molecular flexibility index (Phi) is 14.3. The summed E-state index contributed by atoms with van der Waals surface area (Å²) in [5, 5.41) is 4.62. The highest BCUT2D eigenvalue weighted by Crippen LogP contribution is 2.35. The van der Waals surface area contributed by atoms with Crippen molar-refractivity contribution in [3.8, 4) is 5.75 Å². The zero-order chi connectivity index (χ0) is 24.6. The summed E-state index contributed by atoms with van der Waals surface area (Å²) >= 11 is 7.67. The summed E-state index contributed by atoms with van der Waals surface area (Å²) in [4.78, 5) is 6.81. The monoisotopic (exact) mass is 500 g/mol. The largest absolute Gasteiger partial charge is 0.497 e. The van der Waals surface area contributed by atoms with Gasteiger partial charge in [-0.1, -0.05) is 102 Å². The summed E-state index contributed by atoms with van der Waals surface area (Å²) in [5.41, 5.74) is 2.23. The summed E-state index contributed by atoms with van der Waals surface area (Å²) in [6.45, 7) is 6.68. The number of thiocarbonyl (C=S) groups is 1. The maximum atomic E-state index is 6.01. The molecule has 0 bridgehead atoms. The van der Waals surface area contributed by atoms with Crippen molar-refractivity contribution < 1.29 is 4.74 Å². The number of methoxy groups -OCH3 is 1. The molecule has 0 radical (unpaired) electrons. The molecule has 0 aliphatic rings. The molecule has 0 amide bonds. The van der Waals surface area contributed by atoms with Crippen LogP contribution in [0.3, 0.4) is 0 Å². The SMILES string of the molecule is CCCCCCCCC(CCCCCC)C(=S)Nc1c(C)ccnc1Sc1ccc(OC)cc1. The van der Waals surface area contributed by atoms with E-state index in [4.69, 9.17) is 17.0 Å². The molecule has 188 valence electrons. The zero-order valence-corrected chi connectivity index (χ0v) is 23.3. The van der Waals surface area contributed by atoms with Crippen LogP contribution in [0.1, 0.15) is 96.5 Å². The second kappa shape index (κ2) is 16.9. The van der Waals surface area contributed by atoms with Gasteiger partial charge in [0.25, 0.3) is 0 Å². The number of aromatic nitrogens is 1. The highest BCUT2D eigenvalue weighted by molar-refractivity contribution is 7.99. The smallest absolute Gasteiger partial charge is 0.125 e. The fourth-order valence-corrected chi connectivity index (χ4v) is 5.40. The Labute approximate surface area is 217 Å². The summed E-state index contributed by atoms with van der Waals surface area (Å²) in [6.07, 6.45) is 17.3. The van der Waals surface area contributed by atoms with E-state index in [1.807, 2.05) is 18.3 Å². The number of hydrogen-bond donors (Lipinski definition) is 1. The molecule has 1 aromatic heterocycles. The average molecular weight is 501 g/mol. The van der Waals surface area contributed by atoms with Gasteiger partial charge in [-0.05, 0) is 55.7 Å². The minimum Gasteiger partial charge on any atom is -0.497 e. The number of pyridine rings is 1. The number of aryl methyl sites for hydroxylation is 1. The lowest BCUT2D eigenvalue weighted by atomic mass is 9.94. The van der Waals surface area contributed by atoms with E-state index >= 15 is 0 Å². The van der Waals surface area contributed by atoms with Crippen molar-refractivity contribution in [2.45, 2.75) is 108 Å². The van der Waals surface area contributed by atoms with Crippen LogP contribution in [-0.4, -0.2) is 17.1 Å². The van der Waals surface area contributed by atoms with Gasteiger partial charge >= 0.3 is 0 Å². The van der Waals surface area contributed by atoms with Crippen LogP contribution >= 0.6 is 24.0 Å². The van der Waals surface area contributed by atoms with Gasteiger partial charge in [-0.15, -0.1) is 0 Å². The highest BCUT2D eigenvalue weighted by atomic mass is 32.2. The van der Waals surface area contributed by atoms with Crippen LogP contribution < -0.4 is 10.1 Å². The fourth-order valence-electron chi connectivity index (χ4n) is 4.14. The van der Waals surface area contributed by atoms with Crippen LogP contribution in [-0.2, 0) is 0 Å². The molecule has 0 saturated heterocycles. The first-order chi connectivity index (χ1) is 16.6. The number of benzene rings is 1. The first-order valence-corrected chi connectivity index (χ1v) is 14.4. The van der Waals surface area contributed by atoms with E-state index in [9.17, 15) is 0 Å². The van der Waals surface area contributed by atoms with Crippen LogP contribution in [0.5, 0.6) is 5.75 Å². The number of ether oxygens (including phenoxy) is 1. The lowest BCUT2D eigenvalue weighted by Crippen LogP contribution is -2.22. The molecule has 1 heterocycles. The Morgan fingerprint density at radius 1 is 0.912 bits per heavy atom. The van der Waals surface area contributed by atoms with Crippen LogP contribution in [0.2, 0.25) is 0 Å². The minimum atomic E-state index is 0.441. The van der Waals surface area contributed by atoms with Gasteiger partial charge in [0, 0.05) is 17.0 Å². The minimum absolute atomic E-state index is 0.441. The van der Waals surface area contributed by atoms with Gasteiger partial charge in [0.1, 0.15) is 10.8 Å². The lowest BCUT2D eigenvalue weighted by Gasteiger charge is -2.22. The predicted octanol–water partition coefficient (Wildman–Crippen LogP) is 9.63. The number of nitrogens with one attached hydrogen (secondary N) is 1. The van der Waals surface area contributed by atoms with E-state index in [0.717, 1.165) is 26.3 Å². The van der Waals surface area contributed by atoms with Crippen molar-refractivity contribution >= 4 is 34.7 Å². The topological polar surface area (TPSA) is 34.2 Å². The van der Waals surface area contributed by atoms with Crippen molar-refractivity contribution in [3.63, 3.8) is 0 Å². The van der Waals surface area contributed by atoms with E-state index < -0.39 is 0 Å². The Balaban J connectivity index is 2.05. The van der Waals surface area contributed by atoms with Crippen molar-refractivity contribution in [1.29, 1.82) is 0 Å². The third kappa shape index (κ3) is 10.4. The van der Waals surface area contributed by atoms with E-state index in [-0.39, 0.29) is 0 Å². The third-order valence-corrected chi connectivity index (χ3v) is 7.78. The third-order valence-electron chi connectivity index (χ3n) is 6.33. The first kappa shape index (κ1) is 28.6. The van der Waals surface area contributed by atoms with Gasteiger partial charge in [0.15, 0.2) is 0 Å². The number of hydrogen-bond acceptors (Lipinski definition) is 4. The standard InChI is InChI=1S/C29H44N2OS2/c1-5-7-9-11-12-14-16-24(15-13-10-8-6-2)28(33)31-27-23(3)21-22-30-29(27)34-26-19-17-25(32-4)18-20-26/h17-22,24H,5-16H2,1-4H3,(H,31,33). The number of rotatable bonds is 17. The molecule has 0 spiro atoms. The van der Waals surface area contributed by atoms with Crippen molar-refractivity contribution in [2.75, 3.05) is 12.4 Å². The van der Waals surface area contributed by atoms with Crippen LogP contribution in [0.15, 0.2) is 46.5 Å². The highest BCUT2D eigenvalue weighted by Gasteiger charge is 2.18. The Bertz CT molecular complexity index is 839. The molecule has 1 aromatic carbocycles. The van der Waals surface area contributed by atoms with E-state index in [2.05, 4.69) is 49.3 Å². The summed E-state index contributed by atoms with van der Waals surface area (Å²) in [5.74, 6) is 1.30. The van der Waals surface area contributed by atoms with Crippen LogP contribution in [0.25, 0.3) is 0 Å². The molecule has 34 heavy (non-hydrogen) atoms. The average Bonchev–Trinajstić information content (AvgIpc) is 2.85. The Morgan fingerprint density at radius 3 is 2.12 bits per heavy atom. The second-order valence-corrected chi connectivity index (χ2v) is 10.7. The Morgan fingerprint density at radius 2 is 1.50 bits per heavy atom. The quantitative estimate of drug-likeness (QED) is 0.173. The number of anilines is 1. The van der Waals surface area contributed by atoms with E-state index in [0.29, 0.717) is 5.92 Å². The van der Waals surface area contributed by atoms with Gasteiger partial charge in [0.2, 0.25) is 0 Å². The van der Waals surface area contributed by atoms with Gasteiger partial charge in [-0.2, -0.15) is 0 Å². The van der Waals surface area contributed by atoms with Gasteiger partial charge < -0.3 is 10.1 Å². The number of nitrogens with zero attached hydrogens (tertiary/aromatic N) is 1. The maximum absolute atomic E-state index is 6.01. The maximum Gasteiger partial charge on any atom is 0.125 e. The van der Waals surface area contributed by atoms with E-state index in [1.165, 1.54) is 82.6 Å². The van der Waals surface area contributed by atoms with Gasteiger partial charge in [-0.25, -0.2) is 4.98 Å². The summed E-state index contributed by atoms with van der Waals surface area (Å²) < 4.78 is 5.29. The molecule has 0 saturated carbocycles. The molecule has 2 aromatic rings. The molecule has 1 N–H and O–H groups in total. The molecule has 2 rings (SSSR count). The van der Waals surface area contributed by atoms with Crippen molar-refractivity contribution in [1.82, 2.24) is 4.98 Å². The normalized spacial score (nSPS) is 11.9. The first-order valence-electron chi connectivity index (χ1n) is 13.2. The fraction of sp³-hybridized carbons (Fsp3) is 0.586. The molecule has 5 heteroatoms. The van der Waals surface area contributed by atoms with E-state index in [1.54, 1.807) is 18.9 Å². The number of unbranched alkanes of at least 4 members (excludes halogenated alkanes) is 8. The lowest BCUT2D eigenvalue weighted by molar-refractivity contribution is 0.414. The molecule has 3 nitrogen and oxygen atoms in total. The van der Waals surface area contributed by atoms with Crippen molar-refractivity contribution in [2.24, 2.45) is 5.92 Å². The van der Waals surface area contributed by atoms with Crippen molar-refractivity contribution in [3.05, 3.63) is 42.1 Å². The van der Waals surface area contributed by atoms with Crippen LogP contribution in [0.4, 0.5) is 5.69 Å². The summed E-state index contributed by atoms with van der Waals surface area (Å²) in [7, 11) is 1.69. The molecule has 1 unspecified atom stereocenters.